The molecule has 3 aliphatic carbocycles. The molecular formula is C17H26N2O. The number of rotatable bonds is 2. The smallest absolute Gasteiger partial charge is 0.223 e. The van der Waals surface area contributed by atoms with Gasteiger partial charge in [0.05, 0.1) is 12.0 Å². The molecule has 3 heteroatoms. The van der Waals surface area contributed by atoms with E-state index < -0.39 is 0 Å². The van der Waals surface area contributed by atoms with E-state index in [0.717, 1.165) is 43.9 Å². The highest BCUT2D eigenvalue weighted by Crippen LogP contribution is 2.42. The van der Waals surface area contributed by atoms with Crippen molar-refractivity contribution in [2.75, 3.05) is 0 Å². The van der Waals surface area contributed by atoms with Crippen LogP contribution in [0, 0.1) is 35.0 Å². The van der Waals surface area contributed by atoms with Gasteiger partial charge in [-0.1, -0.05) is 25.7 Å². The second-order valence-corrected chi connectivity index (χ2v) is 7.10. The number of hydrogen-bond acceptors (Lipinski definition) is 2. The quantitative estimate of drug-likeness (QED) is 0.839. The minimum absolute atomic E-state index is 0.0463. The Hall–Kier alpha value is -1.04. The Morgan fingerprint density at radius 3 is 2.55 bits per heavy atom. The van der Waals surface area contributed by atoms with Gasteiger partial charge in [0.25, 0.3) is 0 Å². The Kier molecular flexibility index (Phi) is 4.29. The van der Waals surface area contributed by atoms with Crippen LogP contribution in [0.2, 0.25) is 0 Å². The molecule has 0 heterocycles. The summed E-state index contributed by atoms with van der Waals surface area (Å²) in [5.74, 6) is 2.19. The normalized spacial score (nSPS) is 40.6. The molecule has 0 spiro atoms. The third-order valence-electron chi connectivity index (χ3n) is 5.92. The molecule has 5 atom stereocenters. The molecule has 0 bridgehead atoms. The Morgan fingerprint density at radius 1 is 0.950 bits per heavy atom. The van der Waals surface area contributed by atoms with Crippen LogP contribution in [0.4, 0.5) is 0 Å². The standard InChI is InChI=1S/C17H26N2O/c18-11-15-6-3-7-16(15)19-17(20)14-9-8-12-4-1-2-5-13(12)10-14/h12-16H,1-10H2,(H,19,20). The van der Waals surface area contributed by atoms with Crippen molar-refractivity contribution in [1.29, 1.82) is 5.26 Å². The fourth-order valence-electron chi connectivity index (χ4n) is 4.70. The lowest BCUT2D eigenvalue weighted by Gasteiger charge is -2.39. The van der Waals surface area contributed by atoms with Gasteiger partial charge in [0.1, 0.15) is 0 Å². The van der Waals surface area contributed by atoms with E-state index in [1.165, 1.54) is 32.1 Å². The number of fused-ring (bicyclic) bond motifs is 1. The highest BCUT2D eigenvalue weighted by molar-refractivity contribution is 5.79. The van der Waals surface area contributed by atoms with Gasteiger partial charge in [-0.25, -0.2) is 0 Å². The number of nitriles is 1. The first-order valence-corrected chi connectivity index (χ1v) is 8.48. The summed E-state index contributed by atoms with van der Waals surface area (Å²) in [4.78, 5) is 12.5. The van der Waals surface area contributed by atoms with Gasteiger partial charge in [-0.05, 0) is 50.4 Å². The molecule has 0 saturated heterocycles. The van der Waals surface area contributed by atoms with E-state index in [0.29, 0.717) is 0 Å². The fourth-order valence-corrected chi connectivity index (χ4v) is 4.70. The van der Waals surface area contributed by atoms with E-state index >= 15 is 0 Å². The Labute approximate surface area is 122 Å². The van der Waals surface area contributed by atoms with Crippen molar-refractivity contribution >= 4 is 5.91 Å². The number of hydrogen-bond donors (Lipinski definition) is 1. The van der Waals surface area contributed by atoms with Gasteiger partial charge in [-0.15, -0.1) is 0 Å². The number of amides is 1. The molecule has 0 aromatic heterocycles. The summed E-state index contributed by atoms with van der Waals surface area (Å²) in [5.41, 5.74) is 0. The molecule has 3 nitrogen and oxygen atoms in total. The van der Waals surface area contributed by atoms with Gasteiger partial charge < -0.3 is 5.32 Å². The molecule has 3 fully saturated rings. The summed E-state index contributed by atoms with van der Waals surface area (Å²) in [6.07, 6.45) is 11.9. The zero-order valence-electron chi connectivity index (χ0n) is 12.3. The molecule has 0 aromatic rings. The van der Waals surface area contributed by atoms with Crippen LogP contribution in [0.3, 0.4) is 0 Å². The number of carbonyl (C=O) groups excluding carboxylic acids is 1. The topological polar surface area (TPSA) is 52.9 Å². The van der Waals surface area contributed by atoms with Gasteiger partial charge in [0, 0.05) is 12.0 Å². The van der Waals surface area contributed by atoms with E-state index in [1.54, 1.807) is 0 Å². The van der Waals surface area contributed by atoms with Gasteiger partial charge in [-0.2, -0.15) is 5.26 Å². The fraction of sp³-hybridized carbons (Fsp3) is 0.882. The van der Waals surface area contributed by atoms with Crippen LogP contribution in [-0.2, 0) is 4.79 Å². The molecule has 3 aliphatic rings. The highest BCUT2D eigenvalue weighted by Gasteiger charge is 2.36. The molecule has 1 amide bonds. The minimum atomic E-state index is 0.0463. The van der Waals surface area contributed by atoms with Gasteiger partial charge >= 0.3 is 0 Å². The molecule has 20 heavy (non-hydrogen) atoms. The summed E-state index contributed by atoms with van der Waals surface area (Å²) in [6, 6.07) is 2.47. The van der Waals surface area contributed by atoms with Crippen LogP contribution < -0.4 is 5.32 Å². The SMILES string of the molecule is N#CC1CCCC1NC(=O)C1CCC2CCCCC2C1. The van der Waals surface area contributed by atoms with Crippen LogP contribution >= 0.6 is 0 Å². The number of nitrogens with zero attached hydrogens (tertiary/aromatic N) is 1. The first-order chi connectivity index (χ1) is 9.78. The number of carbonyl (C=O) groups is 1. The van der Waals surface area contributed by atoms with E-state index in [2.05, 4.69) is 11.4 Å². The van der Waals surface area contributed by atoms with Crippen molar-refractivity contribution in [3.8, 4) is 6.07 Å². The lowest BCUT2D eigenvalue weighted by atomic mass is 9.67. The minimum Gasteiger partial charge on any atom is -0.352 e. The lowest BCUT2D eigenvalue weighted by Crippen LogP contribution is -2.43. The van der Waals surface area contributed by atoms with Crippen LogP contribution in [0.15, 0.2) is 0 Å². The average Bonchev–Trinajstić information content (AvgIpc) is 2.94. The summed E-state index contributed by atoms with van der Waals surface area (Å²) in [7, 11) is 0. The van der Waals surface area contributed by atoms with Gasteiger partial charge in [0.2, 0.25) is 5.91 Å². The van der Waals surface area contributed by atoms with Crippen molar-refractivity contribution in [3.05, 3.63) is 0 Å². The van der Waals surface area contributed by atoms with Crippen molar-refractivity contribution in [2.24, 2.45) is 23.7 Å². The molecule has 0 aromatic carbocycles. The first kappa shape index (κ1) is 13.9. The largest absolute Gasteiger partial charge is 0.352 e. The maximum atomic E-state index is 12.5. The van der Waals surface area contributed by atoms with E-state index in [-0.39, 0.29) is 23.8 Å². The molecule has 110 valence electrons. The van der Waals surface area contributed by atoms with Crippen molar-refractivity contribution in [1.82, 2.24) is 5.32 Å². The van der Waals surface area contributed by atoms with Crippen LogP contribution in [0.5, 0.6) is 0 Å². The predicted molar refractivity (Wildman–Crippen MR) is 77.7 cm³/mol. The summed E-state index contributed by atoms with van der Waals surface area (Å²) < 4.78 is 0. The predicted octanol–water partition coefficient (Wildman–Crippen LogP) is 3.40. The third-order valence-corrected chi connectivity index (χ3v) is 5.92. The second-order valence-electron chi connectivity index (χ2n) is 7.10. The van der Waals surface area contributed by atoms with E-state index in [9.17, 15) is 4.79 Å². The Balaban J connectivity index is 1.54. The Morgan fingerprint density at radius 2 is 1.75 bits per heavy atom. The lowest BCUT2D eigenvalue weighted by molar-refractivity contribution is -0.128. The monoisotopic (exact) mass is 274 g/mol. The molecule has 3 saturated carbocycles. The molecular weight excluding hydrogens is 248 g/mol. The molecule has 0 radical (unpaired) electrons. The van der Waals surface area contributed by atoms with Crippen molar-refractivity contribution in [3.63, 3.8) is 0 Å². The van der Waals surface area contributed by atoms with Gasteiger partial charge in [-0.3, -0.25) is 4.79 Å². The zero-order chi connectivity index (χ0) is 13.9. The Bertz CT molecular complexity index is 400. The van der Waals surface area contributed by atoms with E-state index in [4.69, 9.17) is 5.26 Å². The van der Waals surface area contributed by atoms with Crippen molar-refractivity contribution in [2.45, 2.75) is 70.3 Å². The molecule has 1 N–H and O–H groups in total. The molecule has 0 aliphatic heterocycles. The highest BCUT2D eigenvalue weighted by atomic mass is 16.1. The van der Waals surface area contributed by atoms with Crippen LogP contribution in [0.1, 0.15) is 64.2 Å². The number of nitrogens with one attached hydrogen (secondary N) is 1. The summed E-state index contributed by atoms with van der Waals surface area (Å²) >= 11 is 0. The van der Waals surface area contributed by atoms with Gasteiger partial charge in [0.15, 0.2) is 0 Å². The zero-order valence-corrected chi connectivity index (χ0v) is 12.3. The van der Waals surface area contributed by atoms with Crippen LogP contribution in [0.25, 0.3) is 0 Å². The molecule has 5 unspecified atom stereocenters. The summed E-state index contributed by atoms with van der Waals surface area (Å²) in [6.45, 7) is 0. The third kappa shape index (κ3) is 2.85. The summed E-state index contributed by atoms with van der Waals surface area (Å²) in [5, 5.41) is 12.3. The average molecular weight is 274 g/mol. The van der Waals surface area contributed by atoms with Crippen molar-refractivity contribution < 1.29 is 4.79 Å². The van der Waals surface area contributed by atoms with Crippen LogP contribution in [-0.4, -0.2) is 11.9 Å². The maximum absolute atomic E-state index is 12.5. The first-order valence-electron chi connectivity index (χ1n) is 8.48. The second kappa shape index (κ2) is 6.16. The molecule has 3 rings (SSSR count). The maximum Gasteiger partial charge on any atom is 0.223 e. The van der Waals surface area contributed by atoms with E-state index in [1.807, 2.05) is 0 Å².